The van der Waals surface area contributed by atoms with Crippen molar-refractivity contribution in [3.05, 3.63) is 28.8 Å². The molecule has 18 heavy (non-hydrogen) atoms. The molecule has 0 unspecified atom stereocenters. The molecule has 0 aromatic heterocycles. The first-order chi connectivity index (χ1) is 8.47. The summed E-state index contributed by atoms with van der Waals surface area (Å²) in [6.45, 7) is 5.07. The number of nitrogens with two attached hydrogens (primary N) is 1. The summed E-state index contributed by atoms with van der Waals surface area (Å²) in [4.78, 5) is 2.51. The Hall–Kier alpha value is -0.840. The number of rotatable bonds is 6. The van der Waals surface area contributed by atoms with Gasteiger partial charge in [0.25, 0.3) is 0 Å². The number of nitrogens with zero attached hydrogens (tertiary/aromatic N) is 1. The summed E-state index contributed by atoms with van der Waals surface area (Å²) in [5.41, 5.74) is 7.49. The molecule has 0 aliphatic heterocycles. The van der Waals surface area contributed by atoms with Gasteiger partial charge in [-0.15, -0.1) is 0 Å². The summed E-state index contributed by atoms with van der Waals surface area (Å²) in [6, 6.07) is 5.77. The van der Waals surface area contributed by atoms with Gasteiger partial charge in [0.15, 0.2) is 0 Å². The van der Waals surface area contributed by atoms with E-state index in [9.17, 15) is 0 Å². The standard InChI is InChI=1S/C13H19ClN2OS/c1-9(2)16(6-3-7-17)12-8-10(14)4-5-11(12)13(15)18/h4-5,8-9,17H,3,6-7H2,1-2H3,(H2,15,18). The normalized spacial score (nSPS) is 10.7. The molecule has 0 spiro atoms. The van der Waals surface area contributed by atoms with Crippen molar-refractivity contribution in [2.75, 3.05) is 18.1 Å². The number of hydrogen-bond acceptors (Lipinski definition) is 3. The van der Waals surface area contributed by atoms with Crippen molar-refractivity contribution in [3.8, 4) is 0 Å². The SMILES string of the molecule is CC(C)N(CCCO)c1cc(Cl)ccc1C(N)=S. The molecule has 0 saturated heterocycles. The summed E-state index contributed by atoms with van der Waals surface area (Å²) in [7, 11) is 0. The Morgan fingerprint density at radius 1 is 1.50 bits per heavy atom. The van der Waals surface area contributed by atoms with Crippen molar-refractivity contribution < 1.29 is 5.11 Å². The smallest absolute Gasteiger partial charge is 0.106 e. The molecule has 3 nitrogen and oxygen atoms in total. The van der Waals surface area contributed by atoms with Crippen LogP contribution in [0.1, 0.15) is 25.8 Å². The fraction of sp³-hybridized carbons (Fsp3) is 0.462. The van der Waals surface area contributed by atoms with Crippen LogP contribution in [0.4, 0.5) is 5.69 Å². The molecule has 1 aromatic rings. The third-order valence-corrected chi connectivity index (χ3v) is 3.17. The molecule has 0 amide bonds. The molecule has 5 heteroatoms. The lowest BCUT2D eigenvalue weighted by atomic mass is 10.1. The molecule has 0 fully saturated rings. The van der Waals surface area contributed by atoms with E-state index in [0.29, 0.717) is 16.4 Å². The highest BCUT2D eigenvalue weighted by atomic mass is 35.5. The Balaban J connectivity index is 3.16. The van der Waals surface area contributed by atoms with E-state index in [1.807, 2.05) is 12.1 Å². The van der Waals surface area contributed by atoms with Crippen LogP contribution in [-0.4, -0.2) is 29.3 Å². The molecule has 1 rings (SSSR count). The van der Waals surface area contributed by atoms with E-state index >= 15 is 0 Å². The van der Waals surface area contributed by atoms with Gasteiger partial charge in [-0.05, 0) is 38.5 Å². The lowest BCUT2D eigenvalue weighted by molar-refractivity contribution is 0.288. The van der Waals surface area contributed by atoms with Crippen LogP contribution >= 0.6 is 23.8 Å². The Kier molecular flexibility index (Phi) is 5.85. The predicted octanol–water partition coefficient (Wildman–Crippen LogP) is 2.57. The van der Waals surface area contributed by atoms with E-state index in [-0.39, 0.29) is 12.6 Å². The summed E-state index contributed by atoms with van der Waals surface area (Å²) in [5.74, 6) is 0. The first kappa shape index (κ1) is 15.2. The van der Waals surface area contributed by atoms with Crippen LogP contribution in [0.2, 0.25) is 5.02 Å². The Bertz CT molecular complexity index is 423. The zero-order valence-corrected chi connectivity index (χ0v) is 12.3. The maximum absolute atomic E-state index is 8.97. The molecule has 0 heterocycles. The first-order valence-corrected chi connectivity index (χ1v) is 6.72. The molecular formula is C13H19ClN2OS. The summed E-state index contributed by atoms with van der Waals surface area (Å²) < 4.78 is 0. The number of anilines is 1. The minimum absolute atomic E-state index is 0.159. The van der Waals surface area contributed by atoms with Crippen molar-refractivity contribution in [1.82, 2.24) is 0 Å². The molecule has 0 radical (unpaired) electrons. The third-order valence-electron chi connectivity index (χ3n) is 2.72. The molecule has 100 valence electrons. The summed E-state index contributed by atoms with van der Waals surface area (Å²) in [5, 5.41) is 9.63. The molecule has 0 saturated carbocycles. The highest BCUT2D eigenvalue weighted by Crippen LogP contribution is 2.26. The van der Waals surface area contributed by atoms with Crippen LogP contribution in [0.5, 0.6) is 0 Å². The molecule has 0 atom stereocenters. The Morgan fingerprint density at radius 3 is 2.67 bits per heavy atom. The Labute approximate surface area is 119 Å². The fourth-order valence-electron chi connectivity index (χ4n) is 1.85. The highest BCUT2D eigenvalue weighted by molar-refractivity contribution is 7.80. The summed E-state index contributed by atoms with van der Waals surface area (Å²) >= 11 is 11.1. The third kappa shape index (κ3) is 3.83. The number of thiocarbonyl (C=S) groups is 1. The first-order valence-electron chi connectivity index (χ1n) is 5.94. The van der Waals surface area contributed by atoms with E-state index < -0.39 is 0 Å². The van der Waals surface area contributed by atoms with Crippen molar-refractivity contribution in [2.45, 2.75) is 26.3 Å². The number of benzene rings is 1. The van der Waals surface area contributed by atoms with Gasteiger partial charge in [-0.1, -0.05) is 23.8 Å². The number of aliphatic hydroxyl groups is 1. The van der Waals surface area contributed by atoms with Gasteiger partial charge < -0.3 is 15.7 Å². The average molecular weight is 287 g/mol. The maximum Gasteiger partial charge on any atom is 0.106 e. The largest absolute Gasteiger partial charge is 0.396 e. The van der Waals surface area contributed by atoms with Crippen molar-refractivity contribution in [2.24, 2.45) is 5.73 Å². The fourth-order valence-corrected chi connectivity index (χ4v) is 2.19. The van der Waals surface area contributed by atoms with Gasteiger partial charge in [-0.2, -0.15) is 0 Å². The second kappa shape index (κ2) is 6.92. The zero-order chi connectivity index (χ0) is 13.7. The number of halogens is 1. The van der Waals surface area contributed by atoms with Gasteiger partial charge in [0.2, 0.25) is 0 Å². The second-order valence-electron chi connectivity index (χ2n) is 4.39. The van der Waals surface area contributed by atoms with Crippen LogP contribution in [0.15, 0.2) is 18.2 Å². The van der Waals surface area contributed by atoms with Crippen LogP contribution < -0.4 is 10.6 Å². The quantitative estimate of drug-likeness (QED) is 0.789. The van der Waals surface area contributed by atoms with Gasteiger partial charge in [0.05, 0.1) is 0 Å². The van der Waals surface area contributed by atoms with Crippen LogP contribution in [0.25, 0.3) is 0 Å². The zero-order valence-electron chi connectivity index (χ0n) is 10.7. The lowest BCUT2D eigenvalue weighted by Crippen LogP contribution is -2.34. The molecule has 1 aromatic carbocycles. The van der Waals surface area contributed by atoms with Crippen LogP contribution in [0, 0.1) is 0 Å². The Morgan fingerprint density at radius 2 is 2.17 bits per heavy atom. The van der Waals surface area contributed by atoms with E-state index in [2.05, 4.69) is 18.7 Å². The van der Waals surface area contributed by atoms with Gasteiger partial charge >= 0.3 is 0 Å². The van der Waals surface area contributed by atoms with E-state index in [1.165, 1.54) is 0 Å². The molecular weight excluding hydrogens is 268 g/mol. The van der Waals surface area contributed by atoms with Crippen LogP contribution in [0.3, 0.4) is 0 Å². The van der Waals surface area contributed by atoms with Crippen molar-refractivity contribution in [3.63, 3.8) is 0 Å². The van der Waals surface area contributed by atoms with E-state index in [4.69, 9.17) is 34.7 Å². The number of hydrogen-bond donors (Lipinski definition) is 2. The number of aliphatic hydroxyl groups excluding tert-OH is 1. The highest BCUT2D eigenvalue weighted by Gasteiger charge is 2.16. The molecule has 0 bridgehead atoms. The van der Waals surface area contributed by atoms with Gasteiger partial charge in [-0.3, -0.25) is 0 Å². The molecule has 0 aliphatic carbocycles. The average Bonchev–Trinajstić information content (AvgIpc) is 2.28. The minimum atomic E-state index is 0.159. The minimum Gasteiger partial charge on any atom is -0.396 e. The second-order valence-corrected chi connectivity index (χ2v) is 5.27. The van der Waals surface area contributed by atoms with Gasteiger partial charge in [0, 0.05) is 35.5 Å². The van der Waals surface area contributed by atoms with E-state index in [1.54, 1.807) is 6.07 Å². The lowest BCUT2D eigenvalue weighted by Gasteiger charge is -2.30. The predicted molar refractivity (Wildman–Crippen MR) is 81.5 cm³/mol. The van der Waals surface area contributed by atoms with Gasteiger partial charge in [-0.25, -0.2) is 0 Å². The topological polar surface area (TPSA) is 49.5 Å². The van der Waals surface area contributed by atoms with Crippen LogP contribution in [-0.2, 0) is 0 Å². The summed E-state index contributed by atoms with van der Waals surface area (Å²) in [6.07, 6.45) is 0.696. The van der Waals surface area contributed by atoms with Crippen molar-refractivity contribution in [1.29, 1.82) is 0 Å². The van der Waals surface area contributed by atoms with Gasteiger partial charge in [0.1, 0.15) is 4.99 Å². The molecule has 3 N–H and O–H groups in total. The van der Waals surface area contributed by atoms with Crippen molar-refractivity contribution >= 4 is 34.5 Å². The molecule has 0 aliphatic rings. The maximum atomic E-state index is 8.97. The monoisotopic (exact) mass is 286 g/mol. The van der Waals surface area contributed by atoms with E-state index in [0.717, 1.165) is 17.8 Å².